The fourth-order valence-electron chi connectivity index (χ4n) is 4.88. The van der Waals surface area contributed by atoms with Crippen molar-refractivity contribution in [3.8, 4) is 0 Å². The van der Waals surface area contributed by atoms with Crippen molar-refractivity contribution in [1.29, 1.82) is 0 Å². The van der Waals surface area contributed by atoms with Crippen molar-refractivity contribution in [3.63, 3.8) is 0 Å². The van der Waals surface area contributed by atoms with E-state index in [-0.39, 0.29) is 24.9 Å². The summed E-state index contributed by atoms with van der Waals surface area (Å²) in [5.41, 5.74) is 6.67. The van der Waals surface area contributed by atoms with E-state index in [1.54, 1.807) is 32.8 Å². The normalized spacial score (nSPS) is 18.1. The molecule has 1 fully saturated rings. The lowest BCUT2D eigenvalue weighted by molar-refractivity contribution is -0.124. The predicted octanol–water partition coefficient (Wildman–Crippen LogP) is 3.67. The van der Waals surface area contributed by atoms with E-state index in [4.69, 9.17) is 20.2 Å². The highest BCUT2D eigenvalue weighted by Gasteiger charge is 2.40. The largest absolute Gasteiger partial charge is 0.444 e. The molecule has 1 saturated heterocycles. The molecule has 10 heteroatoms. The van der Waals surface area contributed by atoms with Gasteiger partial charge in [-0.05, 0) is 58.1 Å². The molecule has 1 aliphatic rings. The molecule has 3 amide bonds. The first kappa shape index (κ1) is 29.4. The van der Waals surface area contributed by atoms with Crippen LogP contribution < -0.4 is 5.73 Å². The third-order valence-corrected chi connectivity index (χ3v) is 6.57. The van der Waals surface area contributed by atoms with Crippen molar-refractivity contribution < 1.29 is 23.9 Å². The van der Waals surface area contributed by atoms with E-state index >= 15 is 0 Å². The van der Waals surface area contributed by atoms with Gasteiger partial charge in [-0.3, -0.25) is 9.59 Å². The van der Waals surface area contributed by atoms with Crippen LogP contribution in [0.25, 0.3) is 11.0 Å². The summed E-state index contributed by atoms with van der Waals surface area (Å²) in [6.07, 6.45) is 1.55. The average molecular weight is 530 g/mol. The molecule has 1 aliphatic heterocycles. The van der Waals surface area contributed by atoms with Gasteiger partial charge in [-0.2, -0.15) is 0 Å². The molecule has 3 rings (SSSR count). The number of ether oxygens (including phenoxy) is 2. The van der Waals surface area contributed by atoms with Gasteiger partial charge in [0.05, 0.1) is 23.0 Å². The fraction of sp³-hybridized carbons (Fsp3) is 0.643. The van der Waals surface area contributed by atoms with Crippen molar-refractivity contribution in [2.45, 2.75) is 72.1 Å². The maximum Gasteiger partial charge on any atom is 0.410 e. The Bertz CT molecular complexity index is 1120. The number of nitrogens with two attached hydrogens (primary N) is 1. The van der Waals surface area contributed by atoms with Crippen LogP contribution in [-0.4, -0.2) is 82.3 Å². The first-order valence-corrected chi connectivity index (χ1v) is 13.4. The molecule has 0 spiro atoms. The Balaban J connectivity index is 1.97. The van der Waals surface area contributed by atoms with Crippen molar-refractivity contribution in [2.75, 3.05) is 33.4 Å². The van der Waals surface area contributed by atoms with Crippen molar-refractivity contribution in [2.24, 2.45) is 17.6 Å². The number of carbonyl (C=O) groups excluding carboxylic acids is 3. The Morgan fingerprint density at radius 1 is 1.16 bits per heavy atom. The van der Waals surface area contributed by atoms with E-state index in [9.17, 15) is 14.4 Å². The molecule has 0 bridgehead atoms. The Morgan fingerprint density at radius 3 is 2.50 bits per heavy atom. The Labute approximate surface area is 225 Å². The number of likely N-dealkylation sites (tertiary alicyclic amines) is 1. The molecule has 2 aromatic rings. The summed E-state index contributed by atoms with van der Waals surface area (Å²) in [5.74, 6) is -0.792. The monoisotopic (exact) mass is 529 g/mol. The van der Waals surface area contributed by atoms with Gasteiger partial charge in [-0.15, -0.1) is 0 Å². The number of imidazole rings is 1. The number of carbonyl (C=O) groups is 3. The van der Waals surface area contributed by atoms with E-state index in [0.29, 0.717) is 31.9 Å². The smallest absolute Gasteiger partial charge is 0.410 e. The lowest BCUT2D eigenvalue weighted by Crippen LogP contribution is -2.57. The minimum absolute atomic E-state index is 0.155. The zero-order valence-corrected chi connectivity index (χ0v) is 23.6. The van der Waals surface area contributed by atoms with Gasteiger partial charge in [-0.1, -0.05) is 26.0 Å². The summed E-state index contributed by atoms with van der Waals surface area (Å²) in [7, 11) is 1.68. The summed E-state index contributed by atoms with van der Waals surface area (Å²) in [4.78, 5) is 47.5. The molecule has 1 aromatic heterocycles. The number of aryl methyl sites for hydroxylation is 1. The molecule has 0 radical (unpaired) electrons. The molecule has 10 nitrogen and oxygen atoms in total. The van der Waals surface area contributed by atoms with Crippen LogP contribution in [0.2, 0.25) is 0 Å². The molecule has 38 heavy (non-hydrogen) atoms. The van der Waals surface area contributed by atoms with Crippen LogP contribution in [0.4, 0.5) is 4.79 Å². The summed E-state index contributed by atoms with van der Waals surface area (Å²) in [5, 5.41) is 0. The summed E-state index contributed by atoms with van der Waals surface area (Å²) in [6, 6.07) is 7.30. The Hall–Kier alpha value is -3.14. The summed E-state index contributed by atoms with van der Waals surface area (Å²) < 4.78 is 12.8. The molecule has 2 N–H and O–H groups in total. The number of benzene rings is 1. The molecule has 210 valence electrons. The third kappa shape index (κ3) is 7.46. The first-order valence-electron chi connectivity index (χ1n) is 13.4. The number of hydrogen-bond donors (Lipinski definition) is 1. The van der Waals surface area contributed by atoms with Gasteiger partial charge in [0, 0.05) is 39.9 Å². The molecule has 1 aromatic carbocycles. The van der Waals surface area contributed by atoms with Crippen molar-refractivity contribution in [1.82, 2.24) is 19.4 Å². The van der Waals surface area contributed by atoms with Crippen LogP contribution in [0.15, 0.2) is 24.3 Å². The van der Waals surface area contributed by atoms with Gasteiger partial charge >= 0.3 is 6.09 Å². The zero-order valence-electron chi connectivity index (χ0n) is 23.6. The maximum atomic E-state index is 14.2. The van der Waals surface area contributed by atoms with Crippen molar-refractivity contribution in [3.05, 3.63) is 30.1 Å². The van der Waals surface area contributed by atoms with Crippen LogP contribution in [0, 0.1) is 11.8 Å². The Morgan fingerprint density at radius 2 is 1.87 bits per heavy atom. The van der Waals surface area contributed by atoms with E-state index in [2.05, 4.69) is 0 Å². The maximum absolute atomic E-state index is 14.2. The topological polar surface area (TPSA) is 120 Å². The summed E-state index contributed by atoms with van der Waals surface area (Å²) in [6.45, 7) is 11.6. The van der Waals surface area contributed by atoms with E-state index in [0.717, 1.165) is 23.9 Å². The summed E-state index contributed by atoms with van der Waals surface area (Å²) >= 11 is 0. The molecular weight excluding hydrogens is 486 g/mol. The van der Waals surface area contributed by atoms with Gasteiger partial charge in [0.25, 0.3) is 5.91 Å². The average Bonchev–Trinajstić information content (AvgIpc) is 3.22. The van der Waals surface area contributed by atoms with Gasteiger partial charge < -0.3 is 29.6 Å². The second kappa shape index (κ2) is 12.6. The number of primary amides is 1. The van der Waals surface area contributed by atoms with Crippen molar-refractivity contribution >= 4 is 28.9 Å². The van der Waals surface area contributed by atoms with Crippen LogP contribution in [0.5, 0.6) is 0 Å². The Kier molecular flexibility index (Phi) is 9.76. The van der Waals surface area contributed by atoms with E-state index < -0.39 is 29.6 Å². The number of para-hydroxylation sites is 2. The van der Waals surface area contributed by atoms with Gasteiger partial charge in [0.2, 0.25) is 5.91 Å². The predicted molar refractivity (Wildman–Crippen MR) is 146 cm³/mol. The number of rotatable bonds is 10. The SMILES string of the molecule is COCCCCn1c(C(=O)N(CC(C)C)C2CC(C(N)=O)CN(C(=O)OC(C)(C)C)C2)nc2ccccc21. The second-order valence-corrected chi connectivity index (χ2v) is 11.5. The molecule has 2 unspecified atom stereocenters. The fourth-order valence-corrected chi connectivity index (χ4v) is 4.88. The second-order valence-electron chi connectivity index (χ2n) is 11.5. The molecule has 0 aliphatic carbocycles. The number of methoxy groups -OCH3 is 1. The number of unbranched alkanes of at least 4 members (excludes halogenated alkanes) is 1. The number of piperidine rings is 1. The van der Waals surface area contributed by atoms with Crippen LogP contribution in [0.1, 0.15) is 64.5 Å². The lowest BCUT2D eigenvalue weighted by atomic mass is 9.92. The molecule has 2 atom stereocenters. The molecule has 2 heterocycles. The number of hydrogen-bond acceptors (Lipinski definition) is 6. The highest BCUT2D eigenvalue weighted by Crippen LogP contribution is 2.26. The quantitative estimate of drug-likeness (QED) is 0.469. The van der Waals surface area contributed by atoms with Gasteiger partial charge in [-0.25, -0.2) is 9.78 Å². The number of aromatic nitrogens is 2. The van der Waals surface area contributed by atoms with Crippen LogP contribution >= 0.6 is 0 Å². The standard InChI is InChI=1S/C28H43N5O5/c1-19(2)16-33(21-15-20(24(29)34)17-31(18-21)27(36)38-28(3,4)5)26(35)25-30-22-11-7-8-12-23(22)32(25)13-9-10-14-37-6/h7-8,11-12,19-21H,9-10,13-18H2,1-6H3,(H2,29,34). The zero-order chi connectivity index (χ0) is 28.0. The molecular formula is C28H43N5O5. The third-order valence-electron chi connectivity index (χ3n) is 6.57. The van der Waals surface area contributed by atoms with E-state index in [1.165, 1.54) is 4.90 Å². The number of amides is 3. The molecule has 0 saturated carbocycles. The highest BCUT2D eigenvalue weighted by molar-refractivity contribution is 5.95. The van der Waals surface area contributed by atoms with Gasteiger partial charge in [0.15, 0.2) is 5.82 Å². The first-order chi connectivity index (χ1) is 17.9. The van der Waals surface area contributed by atoms with E-state index in [1.807, 2.05) is 42.7 Å². The van der Waals surface area contributed by atoms with Crippen LogP contribution in [0.3, 0.4) is 0 Å². The van der Waals surface area contributed by atoms with Crippen LogP contribution in [-0.2, 0) is 20.8 Å². The van der Waals surface area contributed by atoms with Gasteiger partial charge in [0.1, 0.15) is 5.60 Å². The lowest BCUT2D eigenvalue weighted by Gasteiger charge is -2.42. The minimum atomic E-state index is -0.687. The number of fused-ring (bicyclic) bond motifs is 1. The highest BCUT2D eigenvalue weighted by atomic mass is 16.6. The minimum Gasteiger partial charge on any atom is -0.444 e. The number of nitrogens with zero attached hydrogens (tertiary/aromatic N) is 4.